The molecule has 2 heterocycles. The third kappa shape index (κ3) is 4.33. The number of pyridine rings is 1. The number of hydrogen-bond acceptors (Lipinski definition) is 5. The summed E-state index contributed by atoms with van der Waals surface area (Å²) in [7, 11) is 0. The van der Waals surface area contributed by atoms with Gasteiger partial charge in [0.25, 0.3) is 11.8 Å². The van der Waals surface area contributed by atoms with Crippen molar-refractivity contribution in [2.75, 3.05) is 18.5 Å². The number of rotatable bonds is 3. The topological polar surface area (TPSA) is 89.6 Å². The van der Waals surface area contributed by atoms with Gasteiger partial charge in [0.2, 0.25) is 0 Å². The summed E-state index contributed by atoms with van der Waals surface area (Å²) in [6.07, 6.45) is -3.86. The van der Waals surface area contributed by atoms with Crippen LogP contribution in [0.3, 0.4) is 0 Å². The molecule has 166 valence electrons. The summed E-state index contributed by atoms with van der Waals surface area (Å²) < 4.78 is 88.1. The van der Waals surface area contributed by atoms with Crippen molar-refractivity contribution in [3.05, 3.63) is 59.2 Å². The SMILES string of the molecule is CC1(c2cc(NC(=O)c3ncccc3C(F)(F)F)ccc2F)N=C(N)COCC1(F)F. The largest absolute Gasteiger partial charge is 0.418 e. The van der Waals surface area contributed by atoms with E-state index in [4.69, 9.17) is 10.5 Å². The highest BCUT2D eigenvalue weighted by Gasteiger charge is 2.54. The Hall–Kier alpha value is -3.15. The van der Waals surface area contributed by atoms with E-state index >= 15 is 0 Å². The zero-order valence-electron chi connectivity index (χ0n) is 15.9. The van der Waals surface area contributed by atoms with Crippen molar-refractivity contribution >= 4 is 17.4 Å². The Kier molecular flexibility index (Phi) is 5.70. The van der Waals surface area contributed by atoms with Gasteiger partial charge in [0.05, 0.1) is 5.56 Å². The number of nitrogens with two attached hydrogens (primary N) is 1. The van der Waals surface area contributed by atoms with E-state index in [0.29, 0.717) is 6.07 Å². The van der Waals surface area contributed by atoms with Gasteiger partial charge in [-0.1, -0.05) is 0 Å². The highest BCUT2D eigenvalue weighted by atomic mass is 19.4. The lowest BCUT2D eigenvalue weighted by Crippen LogP contribution is -2.45. The highest BCUT2D eigenvalue weighted by Crippen LogP contribution is 2.44. The van der Waals surface area contributed by atoms with Crippen LogP contribution in [0.25, 0.3) is 0 Å². The van der Waals surface area contributed by atoms with Crippen molar-refractivity contribution < 1.29 is 35.9 Å². The molecule has 12 heteroatoms. The normalized spacial score (nSPS) is 21.2. The average Bonchev–Trinajstić information content (AvgIpc) is 2.78. The van der Waals surface area contributed by atoms with Crippen molar-refractivity contribution in [2.24, 2.45) is 10.7 Å². The van der Waals surface area contributed by atoms with E-state index in [0.717, 1.165) is 37.4 Å². The van der Waals surface area contributed by atoms with Crippen LogP contribution in [0.2, 0.25) is 0 Å². The second-order valence-corrected chi connectivity index (χ2v) is 6.92. The fourth-order valence-electron chi connectivity index (χ4n) is 3.06. The van der Waals surface area contributed by atoms with Crippen LogP contribution in [-0.2, 0) is 16.5 Å². The number of aromatic nitrogens is 1. The van der Waals surface area contributed by atoms with Gasteiger partial charge in [0.15, 0.2) is 5.54 Å². The molecule has 0 bridgehead atoms. The number of carbonyl (C=O) groups excluding carboxylic acids is 1. The lowest BCUT2D eigenvalue weighted by Gasteiger charge is -2.33. The molecule has 1 unspecified atom stereocenters. The van der Waals surface area contributed by atoms with E-state index in [2.05, 4.69) is 15.3 Å². The minimum Gasteiger partial charge on any atom is -0.385 e. The van der Waals surface area contributed by atoms with E-state index in [-0.39, 0.29) is 18.1 Å². The second-order valence-electron chi connectivity index (χ2n) is 6.92. The van der Waals surface area contributed by atoms with Gasteiger partial charge < -0.3 is 15.8 Å². The Morgan fingerprint density at radius 1 is 1.26 bits per heavy atom. The number of amidine groups is 1. The van der Waals surface area contributed by atoms with Crippen molar-refractivity contribution in [2.45, 2.75) is 24.6 Å². The molecule has 1 aromatic carbocycles. The van der Waals surface area contributed by atoms with Crippen LogP contribution in [0.15, 0.2) is 41.5 Å². The molecule has 1 aliphatic heterocycles. The Balaban J connectivity index is 2.01. The lowest BCUT2D eigenvalue weighted by atomic mass is 9.85. The Bertz CT molecular complexity index is 1040. The number of anilines is 1. The lowest BCUT2D eigenvalue weighted by molar-refractivity contribution is -0.138. The van der Waals surface area contributed by atoms with Crippen LogP contribution >= 0.6 is 0 Å². The Morgan fingerprint density at radius 3 is 2.65 bits per heavy atom. The number of hydrogen-bond donors (Lipinski definition) is 2. The predicted octanol–water partition coefficient (Wildman–Crippen LogP) is 3.73. The first-order valence-electron chi connectivity index (χ1n) is 8.78. The molecule has 0 spiro atoms. The number of nitrogens with one attached hydrogen (secondary N) is 1. The molecule has 1 atom stereocenters. The summed E-state index contributed by atoms with van der Waals surface area (Å²) in [6, 6.07) is 4.33. The number of alkyl halides is 5. The second kappa shape index (κ2) is 7.84. The van der Waals surface area contributed by atoms with Gasteiger partial charge in [-0.3, -0.25) is 14.8 Å². The van der Waals surface area contributed by atoms with Crippen molar-refractivity contribution in [3.8, 4) is 0 Å². The molecule has 3 N–H and O–H groups in total. The number of ether oxygens (including phenoxy) is 1. The van der Waals surface area contributed by atoms with Gasteiger partial charge >= 0.3 is 6.18 Å². The number of nitrogens with zero attached hydrogens (tertiary/aromatic N) is 2. The molecule has 0 saturated carbocycles. The molecule has 0 aliphatic carbocycles. The summed E-state index contributed by atoms with van der Waals surface area (Å²) in [5.41, 5.74) is -0.00754. The molecule has 3 rings (SSSR count). The standard InChI is InChI=1S/C19H16F6N4O2/c1-17(18(21,22)9-31-8-14(26)29-17)12-7-10(4-5-13(12)20)28-16(30)15-11(19(23,24)25)3-2-6-27-15/h2-7H,8-9H2,1H3,(H2,26,29)(H,28,30). The maximum Gasteiger partial charge on any atom is 0.418 e. The van der Waals surface area contributed by atoms with Crippen LogP contribution < -0.4 is 11.1 Å². The van der Waals surface area contributed by atoms with E-state index in [9.17, 15) is 31.1 Å². The van der Waals surface area contributed by atoms with Gasteiger partial charge in [-0.2, -0.15) is 13.2 Å². The molecule has 1 amide bonds. The van der Waals surface area contributed by atoms with Gasteiger partial charge in [-0.25, -0.2) is 13.2 Å². The van der Waals surface area contributed by atoms with E-state index in [1.54, 1.807) is 0 Å². The maximum atomic E-state index is 14.7. The van der Waals surface area contributed by atoms with Crippen LogP contribution in [-0.4, -0.2) is 35.9 Å². The summed E-state index contributed by atoms with van der Waals surface area (Å²) in [5, 5.41) is 2.12. The monoisotopic (exact) mass is 446 g/mol. The highest BCUT2D eigenvalue weighted by molar-refractivity contribution is 6.04. The fraction of sp³-hybridized carbons (Fsp3) is 0.316. The first-order chi connectivity index (χ1) is 14.3. The smallest absolute Gasteiger partial charge is 0.385 e. The van der Waals surface area contributed by atoms with Crippen LogP contribution in [0.1, 0.15) is 28.5 Å². The van der Waals surface area contributed by atoms with E-state index in [1.807, 2.05) is 0 Å². The number of carbonyl (C=O) groups is 1. The minimum absolute atomic E-state index is 0.240. The fourth-order valence-corrected chi connectivity index (χ4v) is 3.06. The predicted molar refractivity (Wildman–Crippen MR) is 98.3 cm³/mol. The quantitative estimate of drug-likeness (QED) is 0.704. The molecular weight excluding hydrogens is 430 g/mol. The van der Waals surface area contributed by atoms with E-state index in [1.165, 1.54) is 0 Å². The van der Waals surface area contributed by atoms with Gasteiger partial charge in [0.1, 0.15) is 30.6 Å². The van der Waals surface area contributed by atoms with Crippen molar-refractivity contribution in [1.29, 1.82) is 0 Å². The molecule has 1 aliphatic rings. The number of halogens is 6. The van der Waals surface area contributed by atoms with Gasteiger partial charge in [-0.15, -0.1) is 0 Å². The molecule has 31 heavy (non-hydrogen) atoms. The first kappa shape index (κ1) is 22.5. The van der Waals surface area contributed by atoms with Gasteiger partial charge in [-0.05, 0) is 37.3 Å². The van der Waals surface area contributed by atoms with Crippen LogP contribution in [0, 0.1) is 5.82 Å². The minimum atomic E-state index is -4.85. The zero-order valence-corrected chi connectivity index (χ0v) is 15.9. The summed E-state index contributed by atoms with van der Waals surface area (Å²) in [4.78, 5) is 19.6. The average molecular weight is 446 g/mol. The molecule has 1 aromatic heterocycles. The van der Waals surface area contributed by atoms with Crippen molar-refractivity contribution in [3.63, 3.8) is 0 Å². The molecule has 0 radical (unpaired) electrons. The molecule has 0 saturated heterocycles. The molecule has 0 fully saturated rings. The van der Waals surface area contributed by atoms with Crippen molar-refractivity contribution in [1.82, 2.24) is 4.98 Å². The van der Waals surface area contributed by atoms with Crippen LogP contribution in [0.5, 0.6) is 0 Å². The molecular formula is C19H16F6N4O2. The number of benzene rings is 1. The zero-order chi connectivity index (χ0) is 23.0. The van der Waals surface area contributed by atoms with Gasteiger partial charge in [0, 0.05) is 17.4 Å². The summed E-state index contributed by atoms with van der Waals surface area (Å²) in [6.45, 7) is -0.533. The number of aliphatic imine (C=N–C) groups is 1. The summed E-state index contributed by atoms with van der Waals surface area (Å²) >= 11 is 0. The first-order valence-corrected chi connectivity index (χ1v) is 8.78. The molecule has 2 aromatic rings. The number of amides is 1. The maximum absolute atomic E-state index is 14.7. The van der Waals surface area contributed by atoms with E-state index < -0.39 is 52.8 Å². The molecule has 6 nitrogen and oxygen atoms in total. The van der Waals surface area contributed by atoms with Crippen LogP contribution in [0.4, 0.5) is 32.0 Å². The Morgan fingerprint density at radius 2 is 1.97 bits per heavy atom. The Labute approximate surface area is 172 Å². The summed E-state index contributed by atoms with van der Waals surface area (Å²) in [5.74, 6) is -6.30. The third-order valence-electron chi connectivity index (χ3n) is 4.69. The third-order valence-corrected chi connectivity index (χ3v) is 4.69.